The quantitative estimate of drug-likeness (QED) is 0.803. The van der Waals surface area contributed by atoms with Crippen molar-refractivity contribution in [1.82, 2.24) is 5.32 Å². The minimum Gasteiger partial charge on any atom is -0.497 e. The molecule has 2 unspecified atom stereocenters. The van der Waals surface area contributed by atoms with Crippen molar-refractivity contribution in [2.45, 2.75) is 25.0 Å². The highest BCUT2D eigenvalue weighted by Gasteiger charge is 2.21. The molecule has 1 amide bonds. The van der Waals surface area contributed by atoms with E-state index in [9.17, 15) is 4.79 Å². The lowest BCUT2D eigenvalue weighted by molar-refractivity contribution is -0.120. The van der Waals surface area contributed by atoms with Crippen molar-refractivity contribution in [3.05, 3.63) is 29.8 Å². The number of hydrogen-bond acceptors (Lipinski definition) is 4. The molecule has 1 aliphatic heterocycles. The normalized spacial score (nSPS) is 20.2. The topological polar surface area (TPSA) is 73.6 Å². The van der Waals surface area contributed by atoms with Gasteiger partial charge in [0.25, 0.3) is 0 Å². The summed E-state index contributed by atoms with van der Waals surface area (Å²) in [6, 6.07) is 6.84. The van der Waals surface area contributed by atoms with E-state index < -0.39 is 11.9 Å². The van der Waals surface area contributed by atoms with Crippen LogP contribution in [0.1, 0.15) is 24.4 Å². The van der Waals surface area contributed by atoms with E-state index in [2.05, 4.69) is 5.32 Å². The van der Waals surface area contributed by atoms with E-state index in [0.29, 0.717) is 12.3 Å². The van der Waals surface area contributed by atoms with E-state index in [1.807, 2.05) is 24.3 Å². The highest BCUT2D eigenvalue weighted by molar-refractivity contribution is 5.81. The molecule has 1 saturated heterocycles. The Labute approximate surface area is 113 Å². The van der Waals surface area contributed by atoms with Crippen molar-refractivity contribution >= 4 is 5.91 Å². The maximum atomic E-state index is 11.6. The molecule has 0 spiro atoms. The van der Waals surface area contributed by atoms with E-state index in [1.54, 1.807) is 7.11 Å². The highest BCUT2D eigenvalue weighted by atomic mass is 16.5. The van der Waals surface area contributed by atoms with Crippen LogP contribution in [0.2, 0.25) is 0 Å². The van der Waals surface area contributed by atoms with Crippen molar-refractivity contribution in [3.63, 3.8) is 0 Å². The van der Waals surface area contributed by atoms with E-state index in [4.69, 9.17) is 15.2 Å². The zero-order valence-corrected chi connectivity index (χ0v) is 11.1. The van der Waals surface area contributed by atoms with E-state index in [0.717, 1.165) is 25.0 Å². The summed E-state index contributed by atoms with van der Waals surface area (Å²) in [5.74, 6) is 0.314. The van der Waals surface area contributed by atoms with Gasteiger partial charge in [-0.05, 0) is 30.5 Å². The Bertz CT molecular complexity index is 430. The molecular formula is C14H20N2O3. The van der Waals surface area contributed by atoms with Crippen molar-refractivity contribution in [1.29, 1.82) is 0 Å². The summed E-state index contributed by atoms with van der Waals surface area (Å²) < 4.78 is 10.7. The first-order chi connectivity index (χ1) is 9.20. The third-order valence-electron chi connectivity index (χ3n) is 3.29. The number of nitrogens with two attached hydrogens (primary N) is 1. The third-order valence-corrected chi connectivity index (χ3v) is 3.29. The van der Waals surface area contributed by atoms with Gasteiger partial charge in [0.1, 0.15) is 11.8 Å². The van der Waals surface area contributed by atoms with E-state index >= 15 is 0 Å². The molecule has 0 aliphatic carbocycles. The van der Waals surface area contributed by atoms with Gasteiger partial charge in [-0.1, -0.05) is 12.1 Å². The second kappa shape index (κ2) is 6.54. The van der Waals surface area contributed by atoms with Gasteiger partial charge in [-0.2, -0.15) is 0 Å². The van der Waals surface area contributed by atoms with Crippen LogP contribution in [0.3, 0.4) is 0 Å². The summed E-state index contributed by atoms with van der Waals surface area (Å²) in [4.78, 5) is 11.6. The van der Waals surface area contributed by atoms with Crippen LogP contribution in [-0.2, 0) is 9.53 Å². The Morgan fingerprint density at radius 2 is 2.47 bits per heavy atom. The maximum absolute atomic E-state index is 11.6. The number of methoxy groups -OCH3 is 1. The van der Waals surface area contributed by atoms with Crippen LogP contribution < -0.4 is 15.8 Å². The van der Waals surface area contributed by atoms with E-state index in [-0.39, 0.29) is 6.10 Å². The number of primary amides is 1. The molecule has 3 N–H and O–H groups in total. The predicted molar refractivity (Wildman–Crippen MR) is 71.9 cm³/mol. The Morgan fingerprint density at radius 1 is 1.63 bits per heavy atom. The van der Waals surface area contributed by atoms with Gasteiger partial charge in [0, 0.05) is 13.2 Å². The molecule has 1 aliphatic rings. The van der Waals surface area contributed by atoms with Gasteiger partial charge >= 0.3 is 0 Å². The highest BCUT2D eigenvalue weighted by Crippen LogP contribution is 2.20. The molecule has 19 heavy (non-hydrogen) atoms. The predicted octanol–water partition coefficient (Wildman–Crippen LogP) is 0.990. The lowest BCUT2D eigenvalue weighted by Gasteiger charge is -2.19. The Morgan fingerprint density at radius 3 is 3.11 bits per heavy atom. The number of hydrogen-bond donors (Lipinski definition) is 2. The van der Waals surface area contributed by atoms with Gasteiger partial charge in [-0.25, -0.2) is 0 Å². The van der Waals surface area contributed by atoms with Gasteiger partial charge in [0.15, 0.2) is 0 Å². The van der Waals surface area contributed by atoms with Gasteiger partial charge in [-0.15, -0.1) is 0 Å². The second-order valence-corrected chi connectivity index (χ2v) is 4.66. The van der Waals surface area contributed by atoms with Crippen LogP contribution in [0, 0.1) is 0 Å². The van der Waals surface area contributed by atoms with Gasteiger partial charge in [0.05, 0.1) is 13.2 Å². The first kappa shape index (κ1) is 13.8. The molecule has 1 heterocycles. The molecule has 0 aromatic heterocycles. The van der Waals surface area contributed by atoms with Crippen LogP contribution in [0.25, 0.3) is 0 Å². The first-order valence-electron chi connectivity index (χ1n) is 6.49. The Balaban J connectivity index is 2.03. The fraction of sp³-hybridized carbons (Fsp3) is 0.500. The lowest BCUT2D eigenvalue weighted by Crippen LogP contribution is -2.37. The van der Waals surface area contributed by atoms with Crippen LogP contribution in [0.5, 0.6) is 5.75 Å². The molecule has 5 heteroatoms. The van der Waals surface area contributed by atoms with Gasteiger partial charge < -0.3 is 15.2 Å². The average Bonchev–Trinajstić information content (AvgIpc) is 2.92. The second-order valence-electron chi connectivity index (χ2n) is 4.66. The molecule has 2 rings (SSSR count). The number of carbonyl (C=O) groups excluding carboxylic acids is 1. The zero-order chi connectivity index (χ0) is 13.7. The van der Waals surface area contributed by atoms with Crippen LogP contribution in [-0.4, -0.2) is 32.3 Å². The van der Waals surface area contributed by atoms with Crippen molar-refractivity contribution in [2.24, 2.45) is 5.73 Å². The molecule has 0 bridgehead atoms. The molecule has 5 nitrogen and oxygen atoms in total. The molecule has 0 radical (unpaired) electrons. The SMILES string of the molecule is COc1cccc(C(NCC2CCCO2)C(N)=O)c1. The smallest absolute Gasteiger partial charge is 0.239 e. The summed E-state index contributed by atoms with van der Waals surface area (Å²) in [5.41, 5.74) is 6.27. The number of benzene rings is 1. The average molecular weight is 264 g/mol. The standard InChI is InChI=1S/C14H20N2O3/c1-18-11-5-2-4-10(8-11)13(14(15)17)16-9-12-6-3-7-19-12/h2,4-5,8,12-13,16H,3,6-7,9H2,1H3,(H2,15,17). The molecule has 0 saturated carbocycles. The monoisotopic (exact) mass is 264 g/mol. The molecule has 104 valence electrons. The molecule has 1 aromatic carbocycles. The van der Waals surface area contributed by atoms with Gasteiger partial charge in [0.2, 0.25) is 5.91 Å². The summed E-state index contributed by atoms with van der Waals surface area (Å²) >= 11 is 0. The molecule has 2 atom stereocenters. The van der Waals surface area contributed by atoms with Crippen molar-refractivity contribution < 1.29 is 14.3 Å². The third kappa shape index (κ3) is 3.68. The largest absolute Gasteiger partial charge is 0.497 e. The first-order valence-corrected chi connectivity index (χ1v) is 6.49. The number of ether oxygens (including phenoxy) is 2. The van der Waals surface area contributed by atoms with Crippen molar-refractivity contribution in [2.75, 3.05) is 20.3 Å². The van der Waals surface area contributed by atoms with Crippen LogP contribution in [0.15, 0.2) is 24.3 Å². The van der Waals surface area contributed by atoms with Crippen LogP contribution >= 0.6 is 0 Å². The zero-order valence-electron chi connectivity index (χ0n) is 11.1. The number of rotatable bonds is 6. The summed E-state index contributed by atoms with van der Waals surface area (Å²) in [5, 5.41) is 3.17. The van der Waals surface area contributed by atoms with Gasteiger partial charge in [-0.3, -0.25) is 10.1 Å². The summed E-state index contributed by atoms with van der Waals surface area (Å²) in [6.45, 7) is 1.43. The summed E-state index contributed by atoms with van der Waals surface area (Å²) in [7, 11) is 1.60. The number of carbonyl (C=O) groups is 1. The minimum absolute atomic E-state index is 0.174. The number of amides is 1. The summed E-state index contributed by atoms with van der Waals surface area (Å²) in [6.07, 6.45) is 2.27. The Hall–Kier alpha value is -1.59. The van der Waals surface area contributed by atoms with E-state index in [1.165, 1.54) is 0 Å². The lowest BCUT2D eigenvalue weighted by atomic mass is 10.1. The fourth-order valence-electron chi connectivity index (χ4n) is 2.26. The molecule has 1 fully saturated rings. The van der Waals surface area contributed by atoms with Crippen molar-refractivity contribution in [3.8, 4) is 5.75 Å². The molecular weight excluding hydrogens is 244 g/mol. The molecule has 1 aromatic rings. The minimum atomic E-state index is -0.515. The maximum Gasteiger partial charge on any atom is 0.239 e. The number of nitrogens with one attached hydrogen (secondary N) is 1. The Kier molecular flexibility index (Phi) is 4.76. The fourth-order valence-corrected chi connectivity index (χ4v) is 2.26. The van der Waals surface area contributed by atoms with Crippen LogP contribution in [0.4, 0.5) is 0 Å².